The molecule has 0 aliphatic carbocycles. The molecule has 2 unspecified atom stereocenters. The normalized spacial score (nSPS) is 14.1. The number of phosphoric ester groups is 1. The zero-order valence-electron chi connectivity index (χ0n) is 45.5. The van der Waals surface area contributed by atoms with Crippen molar-refractivity contribution in [2.24, 2.45) is 0 Å². The molecule has 0 amide bonds. The lowest BCUT2D eigenvalue weighted by molar-refractivity contribution is -0.870. The lowest BCUT2D eigenvalue weighted by atomic mass is 10.1. The third kappa shape index (κ3) is 54.3. The zero-order valence-corrected chi connectivity index (χ0v) is 46.4. The molecule has 0 fully saturated rings. The fourth-order valence-electron chi connectivity index (χ4n) is 7.28. The van der Waals surface area contributed by atoms with Gasteiger partial charge < -0.3 is 18.9 Å². The Morgan fingerprint density at radius 1 is 0.457 bits per heavy atom. The van der Waals surface area contributed by atoms with Gasteiger partial charge >= 0.3 is 19.8 Å². The molecule has 1 N–H and O–H groups in total. The predicted octanol–water partition coefficient (Wildman–Crippen LogP) is 17.3. The largest absolute Gasteiger partial charge is 0.472 e. The molecule has 9 nitrogen and oxygen atoms in total. The topological polar surface area (TPSA) is 108 Å². The molecular formula is C60H105NO8P+. The van der Waals surface area contributed by atoms with Crippen molar-refractivity contribution in [3.05, 3.63) is 97.2 Å². The summed E-state index contributed by atoms with van der Waals surface area (Å²) in [6.45, 7) is 4.28. The van der Waals surface area contributed by atoms with Gasteiger partial charge in [0.05, 0.1) is 27.7 Å². The number of nitrogens with zero attached hydrogens (tertiary/aromatic N) is 1. The number of carbonyl (C=O) groups excluding carboxylic acids is 2. The number of hydrogen-bond acceptors (Lipinski definition) is 7. The van der Waals surface area contributed by atoms with E-state index in [1.165, 1.54) is 83.5 Å². The van der Waals surface area contributed by atoms with E-state index in [4.69, 9.17) is 18.5 Å². The Bertz CT molecular complexity index is 1500. The van der Waals surface area contributed by atoms with Gasteiger partial charge in [0.15, 0.2) is 6.10 Å². The summed E-state index contributed by atoms with van der Waals surface area (Å²) in [5, 5.41) is 0. The second kappa shape index (κ2) is 50.9. The van der Waals surface area contributed by atoms with Gasteiger partial charge in [0, 0.05) is 12.8 Å². The SMILES string of the molecule is CC/C=C\C/C=C\C/C=C\C/C=C\C/C=C\CCCCCCCCCCCC(=O)OC(COC(=O)CCCCCCCC/C=C\C/C=C\C/C=C\CCCCCCC)COP(=O)(O)OCC[N+](C)(C)C. The molecule has 0 radical (unpaired) electrons. The van der Waals surface area contributed by atoms with Gasteiger partial charge in [0.2, 0.25) is 0 Å². The molecule has 0 rings (SSSR count). The molecule has 402 valence electrons. The van der Waals surface area contributed by atoms with Crippen molar-refractivity contribution in [3.63, 3.8) is 0 Å². The lowest BCUT2D eigenvalue weighted by Crippen LogP contribution is -2.37. The number of esters is 2. The molecule has 0 spiro atoms. The molecule has 0 aromatic heterocycles. The van der Waals surface area contributed by atoms with E-state index in [1.807, 2.05) is 21.1 Å². The summed E-state index contributed by atoms with van der Waals surface area (Å²) < 4.78 is 34.5. The smallest absolute Gasteiger partial charge is 0.462 e. The van der Waals surface area contributed by atoms with E-state index in [1.54, 1.807) is 0 Å². The van der Waals surface area contributed by atoms with Crippen molar-refractivity contribution < 1.29 is 42.1 Å². The summed E-state index contributed by atoms with van der Waals surface area (Å²) in [7, 11) is 1.45. The van der Waals surface area contributed by atoms with E-state index in [9.17, 15) is 19.0 Å². The van der Waals surface area contributed by atoms with Gasteiger partial charge in [-0.1, -0.05) is 207 Å². The molecule has 0 saturated carbocycles. The van der Waals surface area contributed by atoms with Gasteiger partial charge in [0.1, 0.15) is 19.8 Å². The second-order valence-electron chi connectivity index (χ2n) is 19.6. The van der Waals surface area contributed by atoms with Crippen LogP contribution in [0.5, 0.6) is 0 Å². The van der Waals surface area contributed by atoms with Gasteiger partial charge in [-0.25, -0.2) is 4.57 Å². The molecule has 0 heterocycles. The number of allylic oxidation sites excluding steroid dienone is 16. The predicted molar refractivity (Wildman–Crippen MR) is 298 cm³/mol. The molecule has 0 aromatic carbocycles. The molecule has 0 aliphatic heterocycles. The summed E-state index contributed by atoms with van der Waals surface area (Å²) in [5.74, 6) is -0.823. The summed E-state index contributed by atoms with van der Waals surface area (Å²) >= 11 is 0. The first-order valence-corrected chi connectivity index (χ1v) is 29.5. The average Bonchev–Trinajstić information content (AvgIpc) is 3.32. The van der Waals surface area contributed by atoms with E-state index >= 15 is 0 Å². The standard InChI is InChI=1S/C60H104NO8P/c1-6-8-10-12-14-16-18-20-22-24-26-28-29-30-31-33-35-37-39-41-43-45-47-49-51-53-60(63)69-58(57-68-70(64,65)67-55-54-61(3,4)5)56-66-59(62)52-50-48-46-44-42-40-38-36-34-32-27-25-23-21-19-17-15-13-11-9-7-2/h8,10,14,16,19-22,25-28,30-31,34,36,58H,6-7,9,11-13,15,17-18,23-24,29,32-33,35,37-57H2,1-5H3/p+1/b10-8-,16-14-,21-19-,22-20-,27-25-,28-26-,31-30-,36-34-. The Balaban J connectivity index is 4.26. The van der Waals surface area contributed by atoms with Gasteiger partial charge in [0.25, 0.3) is 0 Å². The fourth-order valence-corrected chi connectivity index (χ4v) is 8.02. The van der Waals surface area contributed by atoms with Crippen LogP contribution in [0.25, 0.3) is 0 Å². The van der Waals surface area contributed by atoms with Crippen molar-refractivity contribution in [2.45, 2.75) is 225 Å². The van der Waals surface area contributed by atoms with Crippen molar-refractivity contribution in [1.82, 2.24) is 0 Å². The monoisotopic (exact) mass is 999 g/mol. The number of likely N-dealkylation sites (N-methyl/N-ethyl adjacent to an activating group) is 1. The first-order valence-electron chi connectivity index (χ1n) is 28.0. The fraction of sp³-hybridized carbons (Fsp3) is 0.700. The maximum Gasteiger partial charge on any atom is 0.472 e. The first kappa shape index (κ1) is 66.9. The minimum absolute atomic E-state index is 0.0230. The minimum atomic E-state index is -4.40. The number of ether oxygens (including phenoxy) is 2. The van der Waals surface area contributed by atoms with Crippen LogP contribution >= 0.6 is 7.82 Å². The van der Waals surface area contributed by atoms with Crippen LogP contribution in [0.2, 0.25) is 0 Å². The van der Waals surface area contributed by atoms with Crippen LogP contribution in [0, 0.1) is 0 Å². The molecule has 2 atom stereocenters. The average molecular weight is 999 g/mol. The van der Waals surface area contributed by atoms with E-state index in [0.29, 0.717) is 17.4 Å². The Morgan fingerprint density at radius 3 is 1.21 bits per heavy atom. The molecule has 0 bridgehead atoms. The molecule has 0 saturated heterocycles. The van der Waals surface area contributed by atoms with Gasteiger partial charge in [-0.2, -0.15) is 0 Å². The molecule has 70 heavy (non-hydrogen) atoms. The van der Waals surface area contributed by atoms with E-state index < -0.39 is 26.5 Å². The number of quaternary nitrogens is 1. The van der Waals surface area contributed by atoms with Gasteiger partial charge in [-0.05, 0) is 96.3 Å². The maximum absolute atomic E-state index is 12.8. The van der Waals surface area contributed by atoms with Gasteiger partial charge in [-0.3, -0.25) is 18.6 Å². The highest BCUT2D eigenvalue weighted by Gasteiger charge is 2.27. The number of rotatable bonds is 50. The maximum atomic E-state index is 12.8. The van der Waals surface area contributed by atoms with Crippen LogP contribution in [0.15, 0.2) is 97.2 Å². The van der Waals surface area contributed by atoms with Crippen LogP contribution < -0.4 is 0 Å². The second-order valence-corrected chi connectivity index (χ2v) is 21.0. The molecule has 0 aliphatic rings. The van der Waals surface area contributed by atoms with Crippen LogP contribution in [0.4, 0.5) is 0 Å². The molecular weight excluding hydrogens is 894 g/mol. The zero-order chi connectivity index (χ0) is 51.3. The third-order valence-corrected chi connectivity index (χ3v) is 12.6. The van der Waals surface area contributed by atoms with Gasteiger partial charge in [-0.15, -0.1) is 0 Å². The summed E-state index contributed by atoms with van der Waals surface area (Å²) in [6, 6.07) is 0. The Labute approximate surface area is 430 Å². The van der Waals surface area contributed by atoms with E-state index in [2.05, 4.69) is 111 Å². The molecule has 0 aromatic rings. The van der Waals surface area contributed by atoms with E-state index in [-0.39, 0.29) is 32.0 Å². The number of phosphoric acid groups is 1. The van der Waals surface area contributed by atoms with Crippen molar-refractivity contribution in [3.8, 4) is 0 Å². The highest BCUT2D eigenvalue weighted by Crippen LogP contribution is 2.43. The highest BCUT2D eigenvalue weighted by atomic mass is 31.2. The Kier molecular flexibility index (Phi) is 48.6. The van der Waals surface area contributed by atoms with Crippen molar-refractivity contribution in [2.75, 3.05) is 47.5 Å². The number of carbonyl (C=O) groups is 2. The van der Waals surface area contributed by atoms with Crippen LogP contribution in [0.1, 0.15) is 219 Å². The van der Waals surface area contributed by atoms with Crippen LogP contribution in [0.3, 0.4) is 0 Å². The Morgan fingerprint density at radius 2 is 0.814 bits per heavy atom. The van der Waals surface area contributed by atoms with Crippen molar-refractivity contribution >= 4 is 19.8 Å². The third-order valence-electron chi connectivity index (χ3n) is 11.6. The van der Waals surface area contributed by atoms with Crippen molar-refractivity contribution in [1.29, 1.82) is 0 Å². The van der Waals surface area contributed by atoms with Crippen LogP contribution in [-0.4, -0.2) is 74.9 Å². The molecule has 10 heteroatoms. The van der Waals surface area contributed by atoms with Crippen LogP contribution in [-0.2, 0) is 32.7 Å². The quantitative estimate of drug-likeness (QED) is 0.0211. The minimum Gasteiger partial charge on any atom is -0.462 e. The Hall–Kier alpha value is -3.07. The first-order chi connectivity index (χ1) is 34.0. The summed E-state index contributed by atoms with van der Waals surface area (Å²) in [5.41, 5.74) is 0. The lowest BCUT2D eigenvalue weighted by Gasteiger charge is -2.24. The summed E-state index contributed by atoms with van der Waals surface area (Å²) in [6.07, 6.45) is 68.9. The summed E-state index contributed by atoms with van der Waals surface area (Å²) in [4.78, 5) is 35.7. The number of unbranched alkanes of at least 4 members (excludes halogenated alkanes) is 20. The van der Waals surface area contributed by atoms with E-state index in [0.717, 1.165) is 103 Å². The number of hydrogen-bond donors (Lipinski definition) is 1. The highest BCUT2D eigenvalue weighted by molar-refractivity contribution is 7.47.